The largest absolute Gasteiger partial charge is 0.355 e. The Balaban J connectivity index is 2.88. The average molecular weight is 219 g/mol. The number of alkyl halides is 1. The SMILES string of the molecule is CC(CCl)N(C)c1ncccc1Cl. The van der Waals surface area contributed by atoms with E-state index in [-0.39, 0.29) is 6.04 Å². The third-order valence-corrected chi connectivity index (χ3v) is 2.70. The van der Waals surface area contributed by atoms with Gasteiger partial charge in [-0.25, -0.2) is 4.98 Å². The highest BCUT2D eigenvalue weighted by Crippen LogP contribution is 2.22. The molecule has 1 rings (SSSR count). The minimum absolute atomic E-state index is 0.231. The Morgan fingerprint density at radius 3 is 2.85 bits per heavy atom. The lowest BCUT2D eigenvalue weighted by Crippen LogP contribution is -2.31. The molecule has 0 saturated heterocycles. The topological polar surface area (TPSA) is 16.1 Å². The third kappa shape index (κ3) is 2.48. The van der Waals surface area contributed by atoms with Gasteiger partial charge in [0.05, 0.1) is 5.02 Å². The van der Waals surface area contributed by atoms with E-state index in [4.69, 9.17) is 23.2 Å². The second-order valence-electron chi connectivity index (χ2n) is 2.92. The fourth-order valence-electron chi connectivity index (χ4n) is 0.949. The van der Waals surface area contributed by atoms with Crippen LogP contribution in [-0.4, -0.2) is 24.0 Å². The number of hydrogen-bond donors (Lipinski definition) is 0. The molecule has 0 bridgehead atoms. The van der Waals surface area contributed by atoms with E-state index in [1.165, 1.54) is 0 Å². The Labute approximate surface area is 88.5 Å². The van der Waals surface area contributed by atoms with Crippen molar-refractivity contribution < 1.29 is 0 Å². The molecule has 2 nitrogen and oxygen atoms in total. The molecular weight excluding hydrogens is 207 g/mol. The number of anilines is 1. The molecule has 0 N–H and O–H groups in total. The summed E-state index contributed by atoms with van der Waals surface area (Å²) in [5.41, 5.74) is 0. The molecule has 0 saturated carbocycles. The molecule has 0 fully saturated rings. The number of aromatic nitrogens is 1. The lowest BCUT2D eigenvalue weighted by molar-refractivity contribution is 0.749. The first-order chi connectivity index (χ1) is 6.16. The van der Waals surface area contributed by atoms with Gasteiger partial charge >= 0.3 is 0 Å². The van der Waals surface area contributed by atoms with Crippen LogP contribution in [0, 0.1) is 0 Å². The Morgan fingerprint density at radius 2 is 2.31 bits per heavy atom. The van der Waals surface area contributed by atoms with E-state index in [2.05, 4.69) is 4.98 Å². The molecule has 0 aliphatic heterocycles. The van der Waals surface area contributed by atoms with E-state index in [9.17, 15) is 0 Å². The monoisotopic (exact) mass is 218 g/mol. The van der Waals surface area contributed by atoms with E-state index in [0.717, 1.165) is 5.82 Å². The highest BCUT2D eigenvalue weighted by molar-refractivity contribution is 6.32. The van der Waals surface area contributed by atoms with Crippen LogP contribution in [0.25, 0.3) is 0 Å². The molecular formula is C9H12Cl2N2. The van der Waals surface area contributed by atoms with Crippen LogP contribution in [0.4, 0.5) is 5.82 Å². The quantitative estimate of drug-likeness (QED) is 0.726. The molecule has 1 aromatic rings. The molecule has 0 aliphatic rings. The maximum atomic E-state index is 5.97. The molecule has 1 aromatic heterocycles. The molecule has 1 unspecified atom stereocenters. The van der Waals surface area contributed by atoms with Gasteiger partial charge in [0.1, 0.15) is 5.82 Å². The number of hydrogen-bond acceptors (Lipinski definition) is 2. The minimum Gasteiger partial charge on any atom is -0.355 e. The van der Waals surface area contributed by atoms with E-state index < -0.39 is 0 Å². The van der Waals surface area contributed by atoms with Crippen LogP contribution in [0.1, 0.15) is 6.92 Å². The van der Waals surface area contributed by atoms with E-state index >= 15 is 0 Å². The molecule has 0 aromatic carbocycles. The van der Waals surface area contributed by atoms with E-state index in [1.807, 2.05) is 31.0 Å². The zero-order valence-electron chi connectivity index (χ0n) is 7.67. The van der Waals surface area contributed by atoms with Crippen molar-refractivity contribution in [3.05, 3.63) is 23.4 Å². The van der Waals surface area contributed by atoms with Gasteiger partial charge in [0, 0.05) is 25.2 Å². The molecule has 0 aliphatic carbocycles. The molecule has 13 heavy (non-hydrogen) atoms. The van der Waals surface area contributed by atoms with Crippen molar-refractivity contribution in [3.63, 3.8) is 0 Å². The Hall–Kier alpha value is -0.470. The highest BCUT2D eigenvalue weighted by Gasteiger charge is 2.12. The summed E-state index contributed by atoms with van der Waals surface area (Å²) in [5.74, 6) is 1.33. The second-order valence-corrected chi connectivity index (χ2v) is 3.64. The molecule has 0 radical (unpaired) electrons. The normalized spacial score (nSPS) is 12.6. The first-order valence-corrected chi connectivity index (χ1v) is 4.97. The lowest BCUT2D eigenvalue weighted by Gasteiger charge is -2.24. The van der Waals surface area contributed by atoms with Crippen LogP contribution < -0.4 is 4.90 Å². The summed E-state index contributed by atoms with van der Waals surface area (Å²) in [6.45, 7) is 2.03. The van der Waals surface area contributed by atoms with Crippen molar-refractivity contribution in [1.29, 1.82) is 0 Å². The number of pyridine rings is 1. The first kappa shape index (κ1) is 10.6. The van der Waals surface area contributed by atoms with Crippen molar-refractivity contribution in [3.8, 4) is 0 Å². The summed E-state index contributed by atoms with van der Waals surface area (Å²) in [4.78, 5) is 6.15. The summed E-state index contributed by atoms with van der Waals surface area (Å²) in [7, 11) is 1.93. The average Bonchev–Trinajstić information content (AvgIpc) is 2.16. The van der Waals surface area contributed by atoms with Crippen molar-refractivity contribution in [2.45, 2.75) is 13.0 Å². The Kier molecular flexibility index (Phi) is 3.82. The molecule has 0 spiro atoms. The van der Waals surface area contributed by atoms with Gasteiger partial charge in [0.25, 0.3) is 0 Å². The zero-order chi connectivity index (χ0) is 9.84. The van der Waals surface area contributed by atoms with Gasteiger partial charge < -0.3 is 4.90 Å². The smallest absolute Gasteiger partial charge is 0.147 e. The molecule has 0 amide bonds. The summed E-state index contributed by atoms with van der Waals surface area (Å²) >= 11 is 11.7. The molecule has 72 valence electrons. The molecule has 1 heterocycles. The van der Waals surface area contributed by atoms with Gasteiger partial charge in [0.2, 0.25) is 0 Å². The predicted octanol–water partition coefficient (Wildman–Crippen LogP) is 2.80. The van der Waals surface area contributed by atoms with Crippen molar-refractivity contribution in [1.82, 2.24) is 4.98 Å². The van der Waals surface area contributed by atoms with Gasteiger partial charge in [-0.1, -0.05) is 11.6 Å². The second kappa shape index (κ2) is 4.68. The highest BCUT2D eigenvalue weighted by atomic mass is 35.5. The van der Waals surface area contributed by atoms with Crippen LogP contribution >= 0.6 is 23.2 Å². The van der Waals surface area contributed by atoms with Crippen molar-refractivity contribution in [2.75, 3.05) is 17.8 Å². The fourth-order valence-corrected chi connectivity index (χ4v) is 1.41. The lowest BCUT2D eigenvalue weighted by atomic mass is 10.3. The van der Waals surface area contributed by atoms with Gasteiger partial charge in [-0.15, -0.1) is 11.6 Å². The summed E-state index contributed by atoms with van der Waals surface area (Å²) in [6, 6.07) is 3.86. The maximum Gasteiger partial charge on any atom is 0.147 e. The van der Waals surface area contributed by atoms with Crippen LogP contribution in [0.2, 0.25) is 5.02 Å². The fraction of sp³-hybridized carbons (Fsp3) is 0.444. The Morgan fingerprint density at radius 1 is 1.62 bits per heavy atom. The number of rotatable bonds is 3. The van der Waals surface area contributed by atoms with Crippen LogP contribution in [0.3, 0.4) is 0 Å². The standard InChI is InChI=1S/C9H12Cl2N2/c1-7(6-10)13(2)9-8(11)4-3-5-12-9/h3-5,7H,6H2,1-2H3. The van der Waals surface area contributed by atoms with Gasteiger partial charge in [-0.05, 0) is 19.1 Å². The van der Waals surface area contributed by atoms with Gasteiger partial charge in [-0.3, -0.25) is 0 Å². The predicted molar refractivity (Wildman–Crippen MR) is 57.8 cm³/mol. The zero-order valence-corrected chi connectivity index (χ0v) is 9.18. The van der Waals surface area contributed by atoms with Crippen LogP contribution in [0.5, 0.6) is 0 Å². The number of halogens is 2. The minimum atomic E-state index is 0.231. The molecule has 1 atom stereocenters. The van der Waals surface area contributed by atoms with Gasteiger partial charge in [-0.2, -0.15) is 0 Å². The molecule has 4 heteroatoms. The summed E-state index contributed by atoms with van der Waals surface area (Å²) in [6.07, 6.45) is 1.72. The van der Waals surface area contributed by atoms with Gasteiger partial charge in [0.15, 0.2) is 0 Å². The van der Waals surface area contributed by atoms with E-state index in [0.29, 0.717) is 10.9 Å². The van der Waals surface area contributed by atoms with E-state index in [1.54, 1.807) is 6.20 Å². The number of nitrogens with zero attached hydrogens (tertiary/aromatic N) is 2. The first-order valence-electron chi connectivity index (χ1n) is 4.06. The Bertz CT molecular complexity index is 278. The summed E-state index contributed by atoms with van der Waals surface area (Å²) in [5, 5.41) is 0.655. The maximum absolute atomic E-state index is 5.97. The van der Waals surface area contributed by atoms with Crippen molar-refractivity contribution >= 4 is 29.0 Å². The van der Waals surface area contributed by atoms with Crippen LogP contribution in [0.15, 0.2) is 18.3 Å². The third-order valence-electron chi connectivity index (χ3n) is 1.96. The summed E-state index contributed by atoms with van der Waals surface area (Å²) < 4.78 is 0. The van der Waals surface area contributed by atoms with Crippen molar-refractivity contribution in [2.24, 2.45) is 0 Å². The van der Waals surface area contributed by atoms with Crippen LogP contribution in [-0.2, 0) is 0 Å².